The molecule has 3 heterocycles. The molecule has 3 aromatic rings. The lowest BCUT2D eigenvalue weighted by Crippen LogP contribution is -2.36. The van der Waals surface area contributed by atoms with Gasteiger partial charge in [-0.15, -0.1) is 0 Å². The first-order valence-electron chi connectivity index (χ1n) is 8.19. The molecule has 1 fully saturated rings. The van der Waals surface area contributed by atoms with Crippen LogP contribution in [0.1, 0.15) is 49.3 Å². The van der Waals surface area contributed by atoms with Crippen molar-refractivity contribution in [2.75, 3.05) is 13.1 Å². The topological polar surface area (TPSA) is 70.8 Å². The Bertz CT molecular complexity index is 775. The third kappa shape index (κ3) is 2.74. The van der Waals surface area contributed by atoms with Gasteiger partial charge in [0.05, 0.1) is 17.1 Å². The van der Waals surface area contributed by atoms with Gasteiger partial charge in [-0.3, -0.25) is 4.90 Å². The summed E-state index contributed by atoms with van der Waals surface area (Å²) < 4.78 is 5.34. The lowest BCUT2D eigenvalue weighted by molar-refractivity contribution is 0.131. The molecule has 1 aliphatic heterocycles. The number of benzene rings is 1. The molecular weight excluding hydrogens is 290 g/mol. The lowest BCUT2D eigenvalue weighted by atomic mass is 9.96. The number of piperidine rings is 1. The van der Waals surface area contributed by atoms with E-state index in [0.29, 0.717) is 17.6 Å². The molecule has 1 saturated heterocycles. The average Bonchev–Trinajstić information content (AvgIpc) is 3.20. The number of nitrogens with zero attached hydrogens (tertiary/aromatic N) is 4. The molecule has 120 valence electrons. The molecule has 0 bridgehead atoms. The summed E-state index contributed by atoms with van der Waals surface area (Å²) in [6.07, 6.45) is 2.31. The Hall–Kier alpha value is -2.21. The van der Waals surface area contributed by atoms with E-state index in [-0.39, 0.29) is 6.04 Å². The Labute approximate surface area is 134 Å². The number of nitrogens with one attached hydrogen (secondary N) is 1. The highest BCUT2D eigenvalue weighted by atomic mass is 16.5. The Morgan fingerprint density at radius 3 is 2.96 bits per heavy atom. The van der Waals surface area contributed by atoms with Gasteiger partial charge >= 0.3 is 0 Å². The molecule has 1 aromatic carbocycles. The second kappa shape index (κ2) is 5.77. The molecule has 0 saturated carbocycles. The van der Waals surface area contributed by atoms with Gasteiger partial charge in [0.25, 0.3) is 0 Å². The third-order valence-electron chi connectivity index (χ3n) is 4.70. The second-order valence-corrected chi connectivity index (χ2v) is 6.33. The fourth-order valence-electron chi connectivity index (χ4n) is 3.39. The lowest BCUT2D eigenvalue weighted by Gasteiger charge is -2.34. The van der Waals surface area contributed by atoms with E-state index in [1.807, 2.05) is 19.1 Å². The summed E-state index contributed by atoms with van der Waals surface area (Å²) in [6, 6.07) is 8.34. The molecule has 0 amide bonds. The van der Waals surface area contributed by atoms with E-state index in [2.05, 4.69) is 39.1 Å². The summed E-state index contributed by atoms with van der Waals surface area (Å²) in [6.45, 7) is 6.00. The quantitative estimate of drug-likeness (QED) is 0.804. The molecule has 23 heavy (non-hydrogen) atoms. The number of likely N-dealkylation sites (tertiary alicyclic amines) is 1. The molecule has 2 atom stereocenters. The van der Waals surface area contributed by atoms with E-state index < -0.39 is 0 Å². The number of aromatic nitrogens is 4. The van der Waals surface area contributed by atoms with Gasteiger partial charge in [0.15, 0.2) is 5.82 Å². The van der Waals surface area contributed by atoms with Crippen molar-refractivity contribution in [2.45, 2.75) is 38.6 Å². The van der Waals surface area contributed by atoms with Crippen LogP contribution in [0.25, 0.3) is 11.0 Å². The largest absolute Gasteiger partial charge is 0.342 e. The number of H-pyrrole nitrogens is 1. The Kier molecular flexibility index (Phi) is 3.61. The molecule has 6 nitrogen and oxygen atoms in total. The number of fused-ring (bicyclic) bond motifs is 1. The van der Waals surface area contributed by atoms with Gasteiger partial charge in [0.1, 0.15) is 5.82 Å². The van der Waals surface area contributed by atoms with Crippen molar-refractivity contribution in [3.05, 3.63) is 41.8 Å². The highest BCUT2D eigenvalue weighted by Crippen LogP contribution is 2.31. The van der Waals surface area contributed by atoms with Crippen LogP contribution in [0.5, 0.6) is 0 Å². The van der Waals surface area contributed by atoms with E-state index in [1.54, 1.807) is 0 Å². The average molecular weight is 311 g/mol. The van der Waals surface area contributed by atoms with Crippen LogP contribution in [0, 0.1) is 6.92 Å². The van der Waals surface area contributed by atoms with Crippen LogP contribution >= 0.6 is 0 Å². The highest BCUT2D eigenvalue weighted by Gasteiger charge is 2.29. The van der Waals surface area contributed by atoms with Gasteiger partial charge in [0.2, 0.25) is 5.89 Å². The molecule has 0 radical (unpaired) electrons. The van der Waals surface area contributed by atoms with E-state index in [9.17, 15) is 0 Å². The van der Waals surface area contributed by atoms with Crippen molar-refractivity contribution in [2.24, 2.45) is 0 Å². The first-order valence-corrected chi connectivity index (χ1v) is 8.19. The maximum absolute atomic E-state index is 5.34. The van der Waals surface area contributed by atoms with Crippen LogP contribution in [-0.2, 0) is 0 Å². The number of para-hydroxylation sites is 2. The summed E-state index contributed by atoms with van der Waals surface area (Å²) in [7, 11) is 0. The van der Waals surface area contributed by atoms with Gasteiger partial charge in [-0.2, -0.15) is 4.98 Å². The van der Waals surface area contributed by atoms with Crippen molar-refractivity contribution < 1.29 is 4.52 Å². The summed E-state index contributed by atoms with van der Waals surface area (Å²) in [4.78, 5) is 15.0. The van der Waals surface area contributed by atoms with Crippen LogP contribution in [0.3, 0.4) is 0 Å². The van der Waals surface area contributed by atoms with Crippen molar-refractivity contribution in [3.8, 4) is 0 Å². The molecule has 1 aliphatic rings. The Morgan fingerprint density at radius 2 is 2.17 bits per heavy atom. The first kappa shape index (κ1) is 14.4. The second-order valence-electron chi connectivity index (χ2n) is 6.33. The number of hydrogen-bond donors (Lipinski definition) is 1. The minimum absolute atomic E-state index is 0.142. The summed E-state index contributed by atoms with van der Waals surface area (Å²) in [5, 5.41) is 3.91. The van der Waals surface area contributed by atoms with Gasteiger partial charge in [-0.05, 0) is 45.4 Å². The molecule has 0 spiro atoms. The normalized spacial score (nSPS) is 20.9. The SMILES string of the molecule is Cc1noc([C@@H](C)N2CCC[C@@H](c3nc4ccccc4[nH]3)C2)n1. The van der Waals surface area contributed by atoms with Crippen molar-refractivity contribution in [1.82, 2.24) is 25.0 Å². The third-order valence-corrected chi connectivity index (χ3v) is 4.70. The number of hydrogen-bond acceptors (Lipinski definition) is 5. The standard InChI is InChI=1S/C17H21N5O/c1-11(17-18-12(2)21-23-17)22-9-5-6-13(10-22)16-19-14-7-3-4-8-15(14)20-16/h3-4,7-8,11,13H,5-6,9-10H2,1-2H3,(H,19,20)/t11-,13-/m1/s1. The van der Waals surface area contributed by atoms with E-state index in [0.717, 1.165) is 42.8 Å². The van der Waals surface area contributed by atoms with Crippen LogP contribution in [-0.4, -0.2) is 38.1 Å². The summed E-state index contributed by atoms with van der Waals surface area (Å²) in [5.41, 5.74) is 2.15. The van der Waals surface area contributed by atoms with E-state index >= 15 is 0 Å². The fraction of sp³-hybridized carbons (Fsp3) is 0.471. The Balaban J connectivity index is 1.54. The maximum Gasteiger partial charge on any atom is 0.243 e. The van der Waals surface area contributed by atoms with Crippen molar-refractivity contribution >= 4 is 11.0 Å². The van der Waals surface area contributed by atoms with Crippen LogP contribution in [0.15, 0.2) is 28.8 Å². The number of rotatable bonds is 3. The molecule has 0 aliphatic carbocycles. The predicted octanol–water partition coefficient (Wildman–Crippen LogP) is 3.19. The van der Waals surface area contributed by atoms with Crippen molar-refractivity contribution in [1.29, 1.82) is 0 Å². The number of aromatic amines is 1. The maximum atomic E-state index is 5.34. The van der Waals surface area contributed by atoms with Gasteiger partial charge < -0.3 is 9.51 Å². The molecule has 6 heteroatoms. The first-order chi connectivity index (χ1) is 11.2. The summed E-state index contributed by atoms with van der Waals surface area (Å²) in [5.74, 6) is 2.90. The minimum Gasteiger partial charge on any atom is -0.342 e. The molecule has 2 aromatic heterocycles. The number of imidazole rings is 1. The van der Waals surface area contributed by atoms with Gasteiger partial charge in [0, 0.05) is 12.5 Å². The Morgan fingerprint density at radius 1 is 1.30 bits per heavy atom. The van der Waals surface area contributed by atoms with E-state index in [4.69, 9.17) is 9.51 Å². The zero-order valence-corrected chi connectivity index (χ0v) is 13.5. The fourth-order valence-corrected chi connectivity index (χ4v) is 3.39. The zero-order chi connectivity index (χ0) is 15.8. The predicted molar refractivity (Wildman–Crippen MR) is 87.1 cm³/mol. The van der Waals surface area contributed by atoms with Crippen LogP contribution in [0.2, 0.25) is 0 Å². The van der Waals surface area contributed by atoms with Crippen LogP contribution in [0.4, 0.5) is 0 Å². The number of aryl methyl sites for hydroxylation is 1. The highest BCUT2D eigenvalue weighted by molar-refractivity contribution is 5.74. The molecule has 1 N–H and O–H groups in total. The van der Waals surface area contributed by atoms with Gasteiger partial charge in [-0.1, -0.05) is 17.3 Å². The minimum atomic E-state index is 0.142. The molecule has 4 rings (SSSR count). The monoisotopic (exact) mass is 311 g/mol. The zero-order valence-electron chi connectivity index (χ0n) is 13.5. The molecular formula is C17H21N5O. The molecule has 0 unspecified atom stereocenters. The van der Waals surface area contributed by atoms with E-state index in [1.165, 1.54) is 0 Å². The van der Waals surface area contributed by atoms with Crippen LogP contribution < -0.4 is 0 Å². The van der Waals surface area contributed by atoms with Crippen molar-refractivity contribution in [3.63, 3.8) is 0 Å². The van der Waals surface area contributed by atoms with Gasteiger partial charge in [-0.25, -0.2) is 4.98 Å². The summed E-state index contributed by atoms with van der Waals surface area (Å²) >= 11 is 0. The smallest absolute Gasteiger partial charge is 0.243 e.